The van der Waals surface area contributed by atoms with Gasteiger partial charge in [-0.3, -0.25) is 0 Å². The Labute approximate surface area is 110 Å². The van der Waals surface area contributed by atoms with Crippen molar-refractivity contribution in [1.82, 2.24) is 0 Å². The van der Waals surface area contributed by atoms with Crippen molar-refractivity contribution in [2.75, 3.05) is 0 Å². The van der Waals surface area contributed by atoms with Crippen molar-refractivity contribution in [2.45, 2.75) is 4.90 Å². The maximum absolute atomic E-state index is 10.3. The van der Waals surface area contributed by atoms with Crippen molar-refractivity contribution >= 4 is 16.1 Å². The minimum atomic E-state index is -4.25. The van der Waals surface area contributed by atoms with E-state index in [9.17, 15) is 22.9 Å². The highest BCUT2D eigenvalue weighted by Crippen LogP contribution is 2.04. The molecule has 0 fully saturated rings. The molecule has 0 amide bonds. The van der Waals surface area contributed by atoms with Gasteiger partial charge in [0, 0.05) is 0 Å². The second-order valence-corrected chi connectivity index (χ2v) is 4.80. The van der Waals surface area contributed by atoms with E-state index >= 15 is 0 Å². The monoisotopic (exact) mass is 278 g/mol. The van der Waals surface area contributed by atoms with E-state index in [2.05, 4.69) is 0 Å². The molecule has 0 aliphatic rings. The van der Waals surface area contributed by atoms with Gasteiger partial charge in [-0.1, -0.05) is 48.5 Å². The Kier molecular flexibility index (Phi) is 5.23. The average Bonchev–Trinajstić information content (AvgIpc) is 2.40. The number of carboxylic acid groups (broad SMARTS) is 1. The quantitative estimate of drug-likeness (QED) is 0.751. The molecule has 2 aromatic carbocycles. The van der Waals surface area contributed by atoms with Crippen LogP contribution in [0.2, 0.25) is 0 Å². The molecule has 0 N–H and O–H groups in total. The van der Waals surface area contributed by atoms with Crippen LogP contribution in [-0.4, -0.2) is 18.9 Å². The highest BCUT2D eigenvalue weighted by atomic mass is 32.2. The number of aromatic carboxylic acids is 1. The van der Waals surface area contributed by atoms with Gasteiger partial charge in [-0.05, 0) is 17.7 Å². The lowest BCUT2D eigenvalue weighted by Crippen LogP contribution is -2.21. The molecule has 0 saturated carbocycles. The Morgan fingerprint density at radius 1 is 0.842 bits per heavy atom. The van der Waals surface area contributed by atoms with Crippen LogP contribution in [0.25, 0.3) is 0 Å². The lowest BCUT2D eigenvalue weighted by atomic mass is 10.2. The number of carbonyl (C=O) groups excluding carboxylic acids is 1. The summed E-state index contributed by atoms with van der Waals surface area (Å²) in [6, 6.07) is 15.3. The molecular formula is C13H10O5S-2. The van der Waals surface area contributed by atoms with Crippen molar-refractivity contribution in [3.8, 4) is 0 Å². The summed E-state index contributed by atoms with van der Waals surface area (Å²) in [5, 5.41) is 10.1. The Hall–Kier alpha value is -2.18. The fourth-order valence-corrected chi connectivity index (χ4v) is 1.65. The summed E-state index contributed by atoms with van der Waals surface area (Å²) in [5.74, 6) is -1.13. The van der Waals surface area contributed by atoms with Crippen LogP contribution in [-0.2, 0) is 10.1 Å². The minimum absolute atomic E-state index is 0.185. The summed E-state index contributed by atoms with van der Waals surface area (Å²) < 4.78 is 30.8. The third kappa shape index (κ3) is 5.33. The van der Waals surface area contributed by atoms with Gasteiger partial charge in [0.2, 0.25) is 0 Å². The molecule has 2 rings (SSSR count). The fourth-order valence-electron chi connectivity index (χ4n) is 1.16. The van der Waals surface area contributed by atoms with Gasteiger partial charge in [0.25, 0.3) is 0 Å². The number of hydrogen-bond acceptors (Lipinski definition) is 5. The molecule has 0 bridgehead atoms. The second kappa shape index (κ2) is 6.67. The van der Waals surface area contributed by atoms with Crippen LogP contribution in [0.3, 0.4) is 0 Å². The normalized spacial score (nSPS) is 10.2. The van der Waals surface area contributed by atoms with Crippen LogP contribution in [0, 0.1) is 0 Å². The zero-order valence-corrected chi connectivity index (χ0v) is 10.5. The molecule has 0 atom stereocenters. The van der Waals surface area contributed by atoms with E-state index in [-0.39, 0.29) is 10.5 Å². The smallest absolute Gasteiger partial charge is 0.124 e. The van der Waals surface area contributed by atoms with Gasteiger partial charge < -0.3 is 14.5 Å². The predicted molar refractivity (Wildman–Crippen MR) is 65.2 cm³/mol. The highest BCUT2D eigenvalue weighted by Gasteiger charge is 1.95. The first-order valence-electron chi connectivity index (χ1n) is 5.18. The first kappa shape index (κ1) is 14.9. The van der Waals surface area contributed by atoms with Crippen molar-refractivity contribution in [3.05, 3.63) is 66.2 Å². The Morgan fingerprint density at radius 3 is 1.53 bits per heavy atom. The maximum atomic E-state index is 10.3. The van der Waals surface area contributed by atoms with Crippen molar-refractivity contribution in [3.63, 3.8) is 0 Å². The molecule has 19 heavy (non-hydrogen) atoms. The van der Waals surface area contributed by atoms with E-state index in [4.69, 9.17) is 0 Å². The van der Waals surface area contributed by atoms with Crippen LogP contribution < -0.4 is 5.11 Å². The van der Waals surface area contributed by atoms with E-state index < -0.39 is 16.1 Å². The van der Waals surface area contributed by atoms with E-state index in [1.54, 1.807) is 24.3 Å². The van der Waals surface area contributed by atoms with Gasteiger partial charge in [-0.15, -0.1) is 0 Å². The predicted octanol–water partition coefficient (Wildman–Crippen LogP) is 0.641. The molecule has 0 heterocycles. The zero-order valence-electron chi connectivity index (χ0n) is 9.72. The number of carbonyl (C=O) groups is 1. The molecule has 0 aromatic heterocycles. The van der Waals surface area contributed by atoms with Crippen LogP contribution in [0.4, 0.5) is 0 Å². The largest absolute Gasteiger partial charge is 0.744 e. The van der Waals surface area contributed by atoms with Crippen LogP contribution >= 0.6 is 0 Å². The minimum Gasteiger partial charge on any atom is -0.744 e. The van der Waals surface area contributed by atoms with Crippen molar-refractivity contribution in [2.24, 2.45) is 0 Å². The Balaban J connectivity index is 0.000000191. The highest BCUT2D eigenvalue weighted by molar-refractivity contribution is 7.85. The summed E-state index contributed by atoms with van der Waals surface area (Å²) in [6.45, 7) is 0. The Morgan fingerprint density at radius 2 is 1.26 bits per heavy atom. The molecule has 0 unspecified atom stereocenters. The first-order valence-corrected chi connectivity index (χ1v) is 6.59. The van der Waals surface area contributed by atoms with E-state index in [0.717, 1.165) is 0 Å². The molecule has 6 heteroatoms. The van der Waals surface area contributed by atoms with Gasteiger partial charge in [0.1, 0.15) is 10.1 Å². The number of rotatable bonds is 2. The molecule has 0 aliphatic heterocycles. The van der Waals surface area contributed by atoms with E-state index in [1.165, 1.54) is 36.4 Å². The molecule has 2 aromatic rings. The van der Waals surface area contributed by atoms with Crippen molar-refractivity contribution < 1.29 is 22.9 Å². The van der Waals surface area contributed by atoms with E-state index in [1.807, 2.05) is 0 Å². The summed E-state index contributed by atoms with van der Waals surface area (Å²) in [5.41, 5.74) is 0.220. The van der Waals surface area contributed by atoms with Gasteiger partial charge >= 0.3 is 0 Å². The third-order valence-electron chi connectivity index (χ3n) is 2.04. The average molecular weight is 278 g/mol. The van der Waals surface area contributed by atoms with Gasteiger partial charge in [0.15, 0.2) is 0 Å². The Bertz CT molecular complexity index is 621. The van der Waals surface area contributed by atoms with Gasteiger partial charge in [0.05, 0.1) is 10.9 Å². The van der Waals surface area contributed by atoms with Crippen LogP contribution in [0.15, 0.2) is 65.6 Å². The number of carboxylic acids is 1. The lowest BCUT2D eigenvalue weighted by Gasteiger charge is -2.04. The van der Waals surface area contributed by atoms with Gasteiger partial charge in [-0.2, -0.15) is 0 Å². The molecule has 100 valence electrons. The van der Waals surface area contributed by atoms with Crippen LogP contribution in [0.5, 0.6) is 0 Å². The summed E-state index contributed by atoms with van der Waals surface area (Å²) in [7, 11) is -4.25. The van der Waals surface area contributed by atoms with E-state index in [0.29, 0.717) is 0 Å². The molecule has 5 nitrogen and oxygen atoms in total. The third-order valence-corrected chi connectivity index (χ3v) is 2.89. The summed E-state index contributed by atoms with van der Waals surface area (Å²) >= 11 is 0. The topological polar surface area (TPSA) is 97.3 Å². The molecular weight excluding hydrogens is 268 g/mol. The lowest BCUT2D eigenvalue weighted by molar-refractivity contribution is -0.255. The standard InChI is InChI=1S/C7H6O2.C6H6O3S/c8-7(9)6-4-2-1-3-5-6;7-10(8,9)6-4-2-1-3-5-6/h1-5H,(H,8,9);1-5H,(H,7,8,9)/p-2. The molecule has 0 saturated heterocycles. The fraction of sp³-hybridized carbons (Fsp3) is 0. The number of benzene rings is 2. The molecule has 0 radical (unpaired) electrons. The molecule has 0 aliphatic carbocycles. The second-order valence-electron chi connectivity index (χ2n) is 3.42. The zero-order chi connectivity index (χ0) is 14.3. The number of hydrogen-bond donors (Lipinski definition) is 0. The summed E-state index contributed by atoms with van der Waals surface area (Å²) in [4.78, 5) is 9.90. The van der Waals surface area contributed by atoms with Crippen molar-refractivity contribution in [1.29, 1.82) is 0 Å². The van der Waals surface area contributed by atoms with Crippen LogP contribution in [0.1, 0.15) is 10.4 Å². The first-order chi connectivity index (χ1) is 8.91. The maximum Gasteiger partial charge on any atom is 0.124 e. The SMILES string of the molecule is O=C([O-])c1ccccc1.O=S(=O)([O-])c1ccccc1. The summed E-state index contributed by atoms with van der Waals surface area (Å²) in [6.07, 6.45) is 0. The van der Waals surface area contributed by atoms with Gasteiger partial charge in [-0.25, -0.2) is 8.42 Å². The molecule has 0 spiro atoms.